The van der Waals surface area contributed by atoms with Crippen molar-refractivity contribution in [1.82, 2.24) is 15.3 Å². The molecule has 4 aromatic rings. The Labute approximate surface area is 223 Å². The monoisotopic (exact) mass is 558 g/mol. The van der Waals surface area contributed by atoms with E-state index in [-0.39, 0.29) is 16.5 Å². The first-order valence-electron chi connectivity index (χ1n) is 11.1. The molecule has 0 atom stereocenters. The summed E-state index contributed by atoms with van der Waals surface area (Å²) in [4.78, 5) is 32.1. The van der Waals surface area contributed by atoms with E-state index in [0.717, 1.165) is 40.5 Å². The Morgan fingerprint density at radius 1 is 1.08 bits per heavy atom. The van der Waals surface area contributed by atoms with E-state index in [1.54, 1.807) is 37.7 Å². The van der Waals surface area contributed by atoms with Gasteiger partial charge in [-0.25, -0.2) is 5.43 Å². The Morgan fingerprint density at radius 2 is 1.79 bits per heavy atom. The molecule has 0 spiro atoms. The number of hydrogen-bond acceptors (Lipinski definition) is 7. The molecule has 196 valence electrons. The number of benzene rings is 1. The van der Waals surface area contributed by atoms with Gasteiger partial charge >= 0.3 is 6.18 Å². The lowest BCUT2D eigenvalue weighted by atomic mass is 10.1. The average molecular weight is 559 g/mol. The third-order valence-corrected chi connectivity index (χ3v) is 7.56. The van der Waals surface area contributed by atoms with Crippen LogP contribution >= 0.6 is 22.7 Å². The second-order valence-corrected chi connectivity index (χ2v) is 10.1. The summed E-state index contributed by atoms with van der Waals surface area (Å²) in [5.41, 5.74) is 3.43. The van der Waals surface area contributed by atoms with Gasteiger partial charge in [-0.2, -0.15) is 18.3 Å². The molecule has 2 N–H and O–H groups in total. The SMILES string of the molecule is C/C(=N/NC(=O)c1ccc(C(=O)N(C)Cc2ccccn2)s1)c1csc(-c2ccc(C(F)(F)F)cc2)c1O. The molecule has 0 aliphatic heterocycles. The zero-order valence-electron chi connectivity index (χ0n) is 20.1. The van der Waals surface area contributed by atoms with Crippen LogP contribution in [0.2, 0.25) is 0 Å². The van der Waals surface area contributed by atoms with Crippen LogP contribution in [0.15, 0.2) is 71.3 Å². The summed E-state index contributed by atoms with van der Waals surface area (Å²) >= 11 is 2.16. The van der Waals surface area contributed by atoms with Crippen LogP contribution in [0, 0.1) is 0 Å². The molecule has 4 rings (SSSR count). The number of carbonyl (C=O) groups is 2. The molecule has 0 fully saturated rings. The highest BCUT2D eigenvalue weighted by Gasteiger charge is 2.30. The molecule has 0 radical (unpaired) electrons. The van der Waals surface area contributed by atoms with Gasteiger partial charge in [-0.1, -0.05) is 18.2 Å². The van der Waals surface area contributed by atoms with Crippen LogP contribution < -0.4 is 5.43 Å². The van der Waals surface area contributed by atoms with Gasteiger partial charge < -0.3 is 10.0 Å². The van der Waals surface area contributed by atoms with Crippen molar-refractivity contribution in [3.05, 3.63) is 92.7 Å². The summed E-state index contributed by atoms with van der Waals surface area (Å²) in [5.74, 6) is -0.929. The molecule has 1 aromatic carbocycles. The highest BCUT2D eigenvalue weighted by Crippen LogP contribution is 2.40. The Kier molecular flexibility index (Phi) is 7.93. The van der Waals surface area contributed by atoms with Crippen LogP contribution in [0.4, 0.5) is 13.2 Å². The van der Waals surface area contributed by atoms with Gasteiger partial charge in [-0.15, -0.1) is 22.7 Å². The molecular weight excluding hydrogens is 537 g/mol. The summed E-state index contributed by atoms with van der Waals surface area (Å²) in [6.07, 6.45) is -2.80. The van der Waals surface area contributed by atoms with E-state index in [1.165, 1.54) is 23.1 Å². The van der Waals surface area contributed by atoms with E-state index < -0.39 is 17.6 Å². The van der Waals surface area contributed by atoms with Crippen LogP contribution in [-0.2, 0) is 12.7 Å². The van der Waals surface area contributed by atoms with Gasteiger partial charge in [0.1, 0.15) is 5.75 Å². The van der Waals surface area contributed by atoms with E-state index in [2.05, 4.69) is 15.5 Å². The lowest BCUT2D eigenvalue weighted by Gasteiger charge is -2.15. The first kappa shape index (κ1) is 27.0. The van der Waals surface area contributed by atoms with E-state index in [4.69, 9.17) is 0 Å². The lowest BCUT2D eigenvalue weighted by molar-refractivity contribution is -0.137. The summed E-state index contributed by atoms with van der Waals surface area (Å²) < 4.78 is 38.5. The summed E-state index contributed by atoms with van der Waals surface area (Å²) in [5, 5.41) is 16.3. The topological polar surface area (TPSA) is 94.9 Å². The number of rotatable bonds is 7. The fraction of sp³-hybridized carbons (Fsp3) is 0.154. The van der Waals surface area contributed by atoms with Crippen LogP contribution in [0.1, 0.15) is 43.1 Å². The van der Waals surface area contributed by atoms with Crippen molar-refractivity contribution >= 4 is 40.2 Å². The minimum Gasteiger partial charge on any atom is -0.506 e. The smallest absolute Gasteiger partial charge is 0.416 e. The molecule has 2 amide bonds. The number of nitrogens with zero attached hydrogens (tertiary/aromatic N) is 3. The predicted octanol–water partition coefficient (Wildman–Crippen LogP) is 6.02. The number of halogens is 3. The summed E-state index contributed by atoms with van der Waals surface area (Å²) in [6.45, 7) is 1.90. The Bertz CT molecular complexity index is 1480. The van der Waals surface area contributed by atoms with Crippen LogP contribution in [0.5, 0.6) is 5.75 Å². The maximum atomic E-state index is 12.8. The van der Waals surface area contributed by atoms with E-state index in [9.17, 15) is 27.9 Å². The fourth-order valence-corrected chi connectivity index (χ4v) is 5.35. The van der Waals surface area contributed by atoms with E-state index in [0.29, 0.717) is 33.1 Å². The molecule has 0 aliphatic rings. The van der Waals surface area contributed by atoms with E-state index >= 15 is 0 Å². The molecule has 0 unspecified atom stereocenters. The van der Waals surface area contributed by atoms with Crippen molar-refractivity contribution in [2.75, 3.05) is 7.05 Å². The largest absolute Gasteiger partial charge is 0.506 e. The van der Waals surface area contributed by atoms with Gasteiger partial charge in [0.2, 0.25) is 0 Å². The van der Waals surface area contributed by atoms with Gasteiger partial charge in [0.05, 0.1) is 43.7 Å². The second kappa shape index (κ2) is 11.2. The summed E-state index contributed by atoms with van der Waals surface area (Å²) in [6, 6.07) is 13.0. The van der Waals surface area contributed by atoms with Crippen molar-refractivity contribution < 1.29 is 27.9 Å². The van der Waals surface area contributed by atoms with Crippen LogP contribution in [0.25, 0.3) is 10.4 Å². The minimum atomic E-state index is -4.45. The molecule has 3 aromatic heterocycles. The highest BCUT2D eigenvalue weighted by atomic mass is 32.1. The highest BCUT2D eigenvalue weighted by molar-refractivity contribution is 7.16. The van der Waals surface area contributed by atoms with Crippen molar-refractivity contribution in [1.29, 1.82) is 0 Å². The Hall–Kier alpha value is -4.03. The Morgan fingerprint density at radius 3 is 2.45 bits per heavy atom. The molecule has 0 saturated heterocycles. The third kappa shape index (κ3) is 6.09. The number of alkyl halides is 3. The summed E-state index contributed by atoms with van der Waals surface area (Å²) in [7, 11) is 1.65. The number of aromatic hydroxyl groups is 1. The first-order chi connectivity index (χ1) is 18.0. The zero-order chi connectivity index (χ0) is 27.4. The van der Waals surface area contributed by atoms with Gasteiger partial charge in [0.25, 0.3) is 11.8 Å². The number of carbonyl (C=O) groups excluding carboxylic acids is 2. The number of pyridine rings is 1. The quantitative estimate of drug-likeness (QED) is 0.214. The van der Waals surface area contributed by atoms with Gasteiger partial charge in [-0.05, 0) is 48.9 Å². The number of aromatic nitrogens is 1. The maximum absolute atomic E-state index is 12.8. The Balaban J connectivity index is 1.41. The predicted molar refractivity (Wildman–Crippen MR) is 140 cm³/mol. The molecule has 7 nitrogen and oxygen atoms in total. The fourth-order valence-electron chi connectivity index (χ4n) is 3.44. The normalized spacial score (nSPS) is 11.9. The maximum Gasteiger partial charge on any atom is 0.416 e. The molecule has 0 aliphatic carbocycles. The van der Waals surface area contributed by atoms with E-state index in [1.807, 2.05) is 12.1 Å². The molecular formula is C26H21F3N4O3S2. The molecule has 0 bridgehead atoms. The second-order valence-electron chi connectivity index (χ2n) is 8.19. The van der Waals surface area contributed by atoms with Crippen LogP contribution in [-0.4, -0.2) is 39.6 Å². The van der Waals surface area contributed by atoms with Crippen molar-refractivity contribution in [3.63, 3.8) is 0 Å². The van der Waals surface area contributed by atoms with Gasteiger partial charge in [0, 0.05) is 18.6 Å². The number of nitrogens with one attached hydrogen (secondary N) is 1. The number of amides is 2. The number of thiophene rings is 2. The lowest BCUT2D eigenvalue weighted by Crippen LogP contribution is -2.25. The number of hydrogen-bond donors (Lipinski definition) is 2. The minimum absolute atomic E-state index is 0.148. The molecule has 12 heteroatoms. The van der Waals surface area contributed by atoms with Gasteiger partial charge in [0.15, 0.2) is 0 Å². The standard InChI is InChI=1S/C26H21F3N4O3S2/c1-15(19-14-37-23(22(19)34)16-6-8-17(9-7-16)26(27,28)29)31-32-24(35)20-10-11-21(38-20)25(36)33(2)13-18-5-3-4-12-30-18/h3-12,14,34H,13H2,1-2H3,(H,32,35)/b31-15-. The molecule has 3 heterocycles. The first-order valence-corrected chi connectivity index (χ1v) is 12.8. The molecule has 38 heavy (non-hydrogen) atoms. The van der Waals surface area contributed by atoms with Crippen LogP contribution in [0.3, 0.4) is 0 Å². The number of hydrazone groups is 1. The third-order valence-electron chi connectivity index (χ3n) is 5.47. The van der Waals surface area contributed by atoms with Crippen molar-refractivity contribution in [3.8, 4) is 16.2 Å². The van der Waals surface area contributed by atoms with Gasteiger partial charge in [-0.3, -0.25) is 14.6 Å². The van der Waals surface area contributed by atoms with Crippen molar-refractivity contribution in [2.24, 2.45) is 5.10 Å². The van der Waals surface area contributed by atoms with Crippen molar-refractivity contribution in [2.45, 2.75) is 19.6 Å². The zero-order valence-corrected chi connectivity index (χ0v) is 21.7. The molecule has 0 saturated carbocycles. The average Bonchev–Trinajstić information content (AvgIpc) is 3.54.